The summed E-state index contributed by atoms with van der Waals surface area (Å²) >= 11 is 3.27. The first-order valence-corrected chi connectivity index (χ1v) is 10.3. The molecule has 5 aromatic rings. The lowest BCUT2D eigenvalue weighted by molar-refractivity contribution is 0.485. The third-order valence-electron chi connectivity index (χ3n) is 4.13. The van der Waals surface area contributed by atoms with Gasteiger partial charge in [-0.15, -0.1) is 21.5 Å². The minimum Gasteiger partial charge on any atom is -0.467 e. The van der Waals surface area contributed by atoms with Crippen LogP contribution in [0.1, 0.15) is 11.6 Å². The lowest BCUT2D eigenvalue weighted by atomic mass is 10.3. The van der Waals surface area contributed by atoms with E-state index < -0.39 is 0 Å². The van der Waals surface area contributed by atoms with Crippen molar-refractivity contribution in [3.63, 3.8) is 0 Å². The van der Waals surface area contributed by atoms with Gasteiger partial charge in [-0.1, -0.05) is 30.0 Å². The van der Waals surface area contributed by atoms with Gasteiger partial charge in [0.2, 0.25) is 0 Å². The lowest BCUT2D eigenvalue weighted by Crippen LogP contribution is -2.03. The number of thioether (sulfide) groups is 1. The van der Waals surface area contributed by atoms with E-state index in [1.54, 1.807) is 29.4 Å². The van der Waals surface area contributed by atoms with Crippen LogP contribution in [0, 0.1) is 0 Å². The molecule has 1 N–H and O–H groups in total. The van der Waals surface area contributed by atoms with Gasteiger partial charge in [0.15, 0.2) is 11.0 Å². The van der Waals surface area contributed by atoms with Gasteiger partial charge >= 0.3 is 0 Å². The molecule has 0 aliphatic carbocycles. The number of imidazole rings is 1. The molecule has 6 nitrogen and oxygen atoms in total. The Labute approximate surface area is 163 Å². The van der Waals surface area contributed by atoms with Crippen LogP contribution in [0.4, 0.5) is 0 Å². The smallest absolute Gasteiger partial charge is 0.192 e. The number of aromatic amines is 1. The Hall–Kier alpha value is -2.84. The maximum Gasteiger partial charge on any atom is 0.192 e. The number of furan rings is 1. The summed E-state index contributed by atoms with van der Waals surface area (Å²) in [6.45, 7) is 0.593. The van der Waals surface area contributed by atoms with E-state index in [1.165, 1.54) is 0 Å². The van der Waals surface area contributed by atoms with Crippen LogP contribution < -0.4 is 0 Å². The summed E-state index contributed by atoms with van der Waals surface area (Å²) in [5.74, 6) is 3.34. The molecule has 0 aliphatic rings. The molecular formula is C19H15N5OS2. The highest BCUT2D eigenvalue weighted by Gasteiger charge is 2.17. The molecule has 1 aromatic carbocycles. The molecule has 0 fully saturated rings. The van der Waals surface area contributed by atoms with E-state index >= 15 is 0 Å². The van der Waals surface area contributed by atoms with Crippen molar-refractivity contribution in [2.24, 2.45) is 0 Å². The average molecular weight is 393 g/mol. The Morgan fingerprint density at radius 2 is 2.04 bits per heavy atom. The van der Waals surface area contributed by atoms with Crippen LogP contribution >= 0.6 is 23.1 Å². The number of para-hydroxylation sites is 2. The lowest BCUT2D eigenvalue weighted by Gasteiger charge is -2.07. The first-order valence-electron chi connectivity index (χ1n) is 8.43. The molecule has 4 aromatic heterocycles. The summed E-state index contributed by atoms with van der Waals surface area (Å²) in [6, 6.07) is 16.0. The quantitative estimate of drug-likeness (QED) is 0.419. The molecule has 0 amide bonds. The first kappa shape index (κ1) is 16.3. The monoisotopic (exact) mass is 393 g/mol. The predicted octanol–water partition coefficient (Wildman–Crippen LogP) is 4.82. The molecule has 134 valence electrons. The molecule has 0 unspecified atom stereocenters. The normalized spacial score (nSPS) is 11.4. The van der Waals surface area contributed by atoms with Crippen molar-refractivity contribution in [3.05, 3.63) is 71.8 Å². The van der Waals surface area contributed by atoms with Gasteiger partial charge in [-0.25, -0.2) is 4.98 Å². The minimum atomic E-state index is 0.593. The van der Waals surface area contributed by atoms with Gasteiger partial charge in [0.05, 0.1) is 34.5 Å². The Morgan fingerprint density at radius 3 is 2.85 bits per heavy atom. The molecular weight excluding hydrogens is 378 g/mol. The van der Waals surface area contributed by atoms with Crippen molar-refractivity contribution in [2.75, 3.05) is 0 Å². The Bertz CT molecular complexity index is 1130. The van der Waals surface area contributed by atoms with Gasteiger partial charge in [-0.3, -0.25) is 4.57 Å². The van der Waals surface area contributed by atoms with E-state index in [2.05, 4.69) is 30.8 Å². The molecule has 27 heavy (non-hydrogen) atoms. The molecule has 0 aliphatic heterocycles. The zero-order chi connectivity index (χ0) is 18.1. The zero-order valence-corrected chi connectivity index (χ0v) is 15.8. The molecule has 4 heterocycles. The van der Waals surface area contributed by atoms with Crippen molar-refractivity contribution in [3.8, 4) is 10.7 Å². The highest BCUT2D eigenvalue weighted by Crippen LogP contribution is 2.29. The van der Waals surface area contributed by atoms with Crippen LogP contribution in [0.3, 0.4) is 0 Å². The number of nitrogens with one attached hydrogen (secondary N) is 1. The Balaban J connectivity index is 1.44. The van der Waals surface area contributed by atoms with Gasteiger partial charge in [0.1, 0.15) is 11.6 Å². The maximum atomic E-state index is 5.54. The van der Waals surface area contributed by atoms with E-state index in [9.17, 15) is 0 Å². The number of aromatic nitrogens is 5. The van der Waals surface area contributed by atoms with Crippen LogP contribution in [-0.2, 0) is 12.3 Å². The third kappa shape index (κ3) is 3.29. The number of H-pyrrole nitrogens is 1. The van der Waals surface area contributed by atoms with E-state index in [0.29, 0.717) is 12.3 Å². The molecule has 0 spiro atoms. The van der Waals surface area contributed by atoms with E-state index in [4.69, 9.17) is 4.42 Å². The second kappa shape index (κ2) is 7.05. The molecule has 8 heteroatoms. The molecule has 0 radical (unpaired) electrons. The topological polar surface area (TPSA) is 72.5 Å². The average Bonchev–Trinajstić information content (AvgIpc) is 3.47. The summed E-state index contributed by atoms with van der Waals surface area (Å²) in [6.07, 6.45) is 1.69. The van der Waals surface area contributed by atoms with Crippen molar-refractivity contribution in [1.29, 1.82) is 0 Å². The van der Waals surface area contributed by atoms with E-state index in [1.807, 2.05) is 47.8 Å². The Kier molecular flexibility index (Phi) is 4.27. The predicted molar refractivity (Wildman–Crippen MR) is 107 cm³/mol. The number of hydrogen-bond acceptors (Lipinski definition) is 6. The van der Waals surface area contributed by atoms with Crippen LogP contribution in [0.25, 0.3) is 21.7 Å². The Morgan fingerprint density at radius 1 is 1.07 bits per heavy atom. The van der Waals surface area contributed by atoms with Gasteiger partial charge in [0.25, 0.3) is 0 Å². The fraction of sp³-hybridized carbons (Fsp3) is 0.105. The maximum absolute atomic E-state index is 5.54. The third-order valence-corrected chi connectivity index (χ3v) is 5.97. The molecule has 0 saturated heterocycles. The van der Waals surface area contributed by atoms with Gasteiger partial charge < -0.3 is 9.40 Å². The van der Waals surface area contributed by atoms with Crippen molar-refractivity contribution in [2.45, 2.75) is 17.5 Å². The van der Waals surface area contributed by atoms with Crippen molar-refractivity contribution < 1.29 is 4.42 Å². The number of hydrogen-bond donors (Lipinski definition) is 1. The van der Waals surface area contributed by atoms with Crippen LogP contribution in [0.5, 0.6) is 0 Å². The van der Waals surface area contributed by atoms with Gasteiger partial charge in [-0.2, -0.15) is 0 Å². The standard InChI is InChI=1S/C19H15N5OS2/c1-2-7-15-14(6-1)20-17(21-15)12-27-19-23-22-18(16-8-4-10-26-16)24(19)11-13-5-3-9-25-13/h1-10H,11-12H2,(H,20,21). The second-order valence-electron chi connectivity index (χ2n) is 5.94. The summed E-state index contributed by atoms with van der Waals surface area (Å²) in [7, 11) is 0. The van der Waals surface area contributed by atoms with Gasteiger partial charge in [0, 0.05) is 0 Å². The first-order chi connectivity index (χ1) is 13.4. The van der Waals surface area contributed by atoms with E-state index in [-0.39, 0.29) is 0 Å². The molecule has 5 rings (SSSR count). The fourth-order valence-corrected chi connectivity index (χ4v) is 4.42. The second-order valence-corrected chi connectivity index (χ2v) is 7.83. The zero-order valence-electron chi connectivity index (χ0n) is 14.2. The summed E-state index contributed by atoms with van der Waals surface area (Å²) in [5.41, 5.74) is 2.02. The minimum absolute atomic E-state index is 0.593. The summed E-state index contributed by atoms with van der Waals surface area (Å²) in [4.78, 5) is 9.09. The fourth-order valence-electron chi connectivity index (χ4n) is 2.89. The summed E-state index contributed by atoms with van der Waals surface area (Å²) < 4.78 is 7.63. The van der Waals surface area contributed by atoms with Crippen molar-refractivity contribution in [1.82, 2.24) is 24.7 Å². The molecule has 0 bridgehead atoms. The largest absolute Gasteiger partial charge is 0.467 e. The van der Waals surface area contributed by atoms with Gasteiger partial charge in [-0.05, 0) is 35.7 Å². The highest BCUT2D eigenvalue weighted by molar-refractivity contribution is 7.98. The number of rotatable bonds is 6. The SMILES string of the molecule is c1coc(Cn2c(SCc3nc4ccccc4[nH]3)nnc2-c2cccs2)c1. The molecule has 0 atom stereocenters. The van der Waals surface area contributed by atoms with E-state index in [0.717, 1.165) is 38.5 Å². The summed E-state index contributed by atoms with van der Waals surface area (Å²) in [5, 5.41) is 11.7. The number of fused-ring (bicyclic) bond motifs is 1. The van der Waals surface area contributed by atoms with Crippen LogP contribution in [0.2, 0.25) is 0 Å². The van der Waals surface area contributed by atoms with Crippen LogP contribution in [0.15, 0.2) is 69.7 Å². The molecule has 0 saturated carbocycles. The van der Waals surface area contributed by atoms with Crippen molar-refractivity contribution >= 4 is 34.1 Å². The highest BCUT2D eigenvalue weighted by atomic mass is 32.2. The number of thiophene rings is 1. The number of benzene rings is 1. The number of nitrogens with zero attached hydrogens (tertiary/aromatic N) is 4. The van der Waals surface area contributed by atoms with Crippen LogP contribution in [-0.4, -0.2) is 24.7 Å².